The fourth-order valence-electron chi connectivity index (χ4n) is 6.11. The van der Waals surface area contributed by atoms with E-state index in [1.807, 2.05) is 63.2 Å². The van der Waals surface area contributed by atoms with Crippen LogP contribution in [0.15, 0.2) is 107 Å². The van der Waals surface area contributed by atoms with Gasteiger partial charge in [0.1, 0.15) is 6.29 Å². The summed E-state index contributed by atoms with van der Waals surface area (Å²) in [7, 11) is 0. The number of rotatable bonds is 10. The molecule has 2 aliphatic carbocycles. The first kappa shape index (κ1) is 43.6. The lowest BCUT2D eigenvalue weighted by Crippen LogP contribution is -2.14. The maximum atomic E-state index is 11.9. The molecule has 0 aliphatic heterocycles. The van der Waals surface area contributed by atoms with Crippen LogP contribution in [0.2, 0.25) is 10.0 Å². The summed E-state index contributed by atoms with van der Waals surface area (Å²) in [5, 5.41) is 11.3. The normalized spacial score (nSPS) is 13.8. The number of Topliss-reactive ketones (excluding diaryl/α,β-unsaturated/α-hetero) is 2. The highest BCUT2D eigenvalue weighted by Crippen LogP contribution is 2.31. The standard InChI is InChI=1S/C22H25ClN2O.C13H15ClN2O.C9H10O.CH4/c1-15-6-3-4-7-17(15)12-13-24-18-10-11-19(23)21(14-18)25-20-8-5-9-22(26)16(20)2;1-8-11(3-2-4-13(8)17)16-12-7-9(15)5-6-10(12)14;1-8-4-2-3-5-9(8)6-7-10;/h3-4,6-7,10-11,14,24-25H,5,8-9,12-13H2,1-2H3;5-7,16H,2-4,15H2,1H3;2-5,7H,6H2,1H3;1H4. The Hall–Kier alpha value is -4.85. The summed E-state index contributed by atoms with van der Waals surface area (Å²) in [6.45, 7) is 8.75. The van der Waals surface area contributed by atoms with Crippen molar-refractivity contribution in [2.45, 2.75) is 86.5 Å². The molecule has 0 heterocycles. The number of aryl methyl sites for hydroxylation is 2. The smallest absolute Gasteiger partial charge is 0.160 e. The third-order valence-corrected chi connectivity index (χ3v) is 10.1. The van der Waals surface area contributed by atoms with Crippen LogP contribution in [0.5, 0.6) is 0 Å². The third-order valence-electron chi connectivity index (χ3n) is 9.48. The molecular weight excluding hydrogens is 715 g/mol. The lowest BCUT2D eigenvalue weighted by atomic mass is 9.96. The number of carbonyl (C=O) groups is 3. The number of hydrogen-bond acceptors (Lipinski definition) is 7. The third kappa shape index (κ3) is 12.9. The van der Waals surface area contributed by atoms with E-state index in [1.165, 1.54) is 16.7 Å². The summed E-state index contributed by atoms with van der Waals surface area (Å²) in [6, 6.07) is 27.5. The Morgan fingerprint density at radius 2 is 1.17 bits per heavy atom. The molecule has 0 saturated heterocycles. The molecule has 5 N–H and O–H groups in total. The molecule has 4 aromatic rings. The van der Waals surface area contributed by atoms with Gasteiger partial charge in [-0.3, -0.25) is 9.59 Å². The number of halogens is 2. The average molecular weight is 770 g/mol. The monoisotopic (exact) mass is 768 g/mol. The van der Waals surface area contributed by atoms with E-state index in [0.717, 1.165) is 90.1 Å². The zero-order valence-electron chi connectivity index (χ0n) is 31.1. The van der Waals surface area contributed by atoms with Crippen LogP contribution in [-0.2, 0) is 27.2 Å². The Morgan fingerprint density at radius 3 is 1.70 bits per heavy atom. The summed E-state index contributed by atoms with van der Waals surface area (Å²) in [5.41, 5.74) is 17.5. The maximum absolute atomic E-state index is 11.9. The van der Waals surface area contributed by atoms with Crippen molar-refractivity contribution in [1.82, 2.24) is 0 Å². The van der Waals surface area contributed by atoms with E-state index in [4.69, 9.17) is 28.9 Å². The van der Waals surface area contributed by atoms with Gasteiger partial charge in [0.05, 0.1) is 21.4 Å². The fourth-order valence-corrected chi connectivity index (χ4v) is 6.44. The largest absolute Gasteiger partial charge is 0.399 e. The Labute approximate surface area is 331 Å². The van der Waals surface area contributed by atoms with Crippen LogP contribution in [0.3, 0.4) is 0 Å². The summed E-state index contributed by atoms with van der Waals surface area (Å²) in [5.74, 6) is 0.432. The van der Waals surface area contributed by atoms with Gasteiger partial charge in [0.15, 0.2) is 11.6 Å². The molecule has 0 bridgehead atoms. The van der Waals surface area contributed by atoms with Gasteiger partial charge >= 0.3 is 0 Å². The SMILES string of the molecule is C.CC1=C(Nc2cc(N)ccc2Cl)CCCC1=O.CC1=C(Nc2cc(NCCc3ccccc3C)ccc2Cl)CCCC1=O.Cc1ccccc1CC=O. The molecule has 286 valence electrons. The molecule has 0 amide bonds. The molecule has 0 unspecified atom stereocenters. The van der Waals surface area contributed by atoms with Crippen molar-refractivity contribution >= 4 is 63.8 Å². The van der Waals surface area contributed by atoms with E-state index in [0.29, 0.717) is 35.0 Å². The predicted octanol–water partition coefficient (Wildman–Crippen LogP) is 11.5. The lowest BCUT2D eigenvalue weighted by Gasteiger charge is -2.20. The number of anilines is 4. The quantitative estimate of drug-likeness (QED) is 0.0938. The van der Waals surface area contributed by atoms with Crippen molar-refractivity contribution in [3.63, 3.8) is 0 Å². The number of hydrogen-bond donors (Lipinski definition) is 4. The van der Waals surface area contributed by atoms with Crippen LogP contribution in [0.4, 0.5) is 22.7 Å². The molecule has 0 aromatic heterocycles. The van der Waals surface area contributed by atoms with Crippen LogP contribution in [0.1, 0.15) is 82.1 Å². The molecule has 0 saturated carbocycles. The number of nitrogens with two attached hydrogens (primary N) is 1. The molecule has 54 heavy (non-hydrogen) atoms. The fraction of sp³-hybridized carbons (Fsp3) is 0.311. The molecule has 0 atom stereocenters. The Morgan fingerprint density at radius 1 is 0.667 bits per heavy atom. The molecule has 0 fully saturated rings. The minimum Gasteiger partial charge on any atom is -0.399 e. The van der Waals surface area contributed by atoms with Gasteiger partial charge in [-0.15, -0.1) is 0 Å². The highest BCUT2D eigenvalue weighted by atomic mass is 35.5. The summed E-state index contributed by atoms with van der Waals surface area (Å²) in [6.07, 6.45) is 7.27. The topological polar surface area (TPSA) is 113 Å². The molecule has 6 rings (SSSR count). The summed E-state index contributed by atoms with van der Waals surface area (Å²) >= 11 is 12.4. The zero-order valence-corrected chi connectivity index (χ0v) is 32.6. The first-order valence-corrected chi connectivity index (χ1v) is 18.8. The van der Waals surface area contributed by atoms with Crippen molar-refractivity contribution in [1.29, 1.82) is 0 Å². The molecule has 7 nitrogen and oxygen atoms in total. The highest BCUT2D eigenvalue weighted by molar-refractivity contribution is 6.33. The minimum atomic E-state index is 0. The second-order valence-corrected chi connectivity index (χ2v) is 14.2. The van der Waals surface area contributed by atoms with Crippen LogP contribution in [0, 0.1) is 13.8 Å². The molecule has 0 radical (unpaired) electrons. The number of nitrogens with one attached hydrogen (secondary N) is 3. The van der Waals surface area contributed by atoms with E-state index in [-0.39, 0.29) is 19.0 Å². The number of carbonyl (C=O) groups excluding carboxylic acids is 3. The molecule has 9 heteroatoms. The maximum Gasteiger partial charge on any atom is 0.160 e. The Kier molecular flexibility index (Phi) is 17.5. The lowest BCUT2D eigenvalue weighted by molar-refractivity contribution is -0.116. The van der Waals surface area contributed by atoms with Crippen molar-refractivity contribution in [3.05, 3.63) is 140 Å². The van der Waals surface area contributed by atoms with Gasteiger partial charge in [0.25, 0.3) is 0 Å². The van der Waals surface area contributed by atoms with Crippen LogP contribution in [-0.4, -0.2) is 24.4 Å². The first-order valence-electron chi connectivity index (χ1n) is 18.1. The molecular formula is C45H54Cl2N4O3. The number of allylic oxidation sites excluding steroid dienone is 4. The van der Waals surface area contributed by atoms with Crippen molar-refractivity contribution in [2.24, 2.45) is 0 Å². The van der Waals surface area contributed by atoms with Crippen LogP contribution >= 0.6 is 23.2 Å². The second-order valence-electron chi connectivity index (χ2n) is 13.3. The summed E-state index contributed by atoms with van der Waals surface area (Å²) in [4.78, 5) is 33.6. The minimum absolute atomic E-state index is 0. The molecule has 2 aliphatic rings. The number of aldehydes is 1. The van der Waals surface area contributed by atoms with Gasteiger partial charge in [0, 0.05) is 59.7 Å². The van der Waals surface area contributed by atoms with Crippen molar-refractivity contribution in [3.8, 4) is 0 Å². The van der Waals surface area contributed by atoms with Gasteiger partial charge in [-0.05, 0) is 118 Å². The second kappa shape index (κ2) is 21.8. The van der Waals surface area contributed by atoms with Crippen LogP contribution in [0.25, 0.3) is 0 Å². The Balaban J connectivity index is 0.000000240. The van der Waals surface area contributed by atoms with Gasteiger partial charge in [-0.1, -0.05) is 79.2 Å². The number of nitrogen functional groups attached to an aromatic ring is 1. The van der Waals surface area contributed by atoms with Crippen LogP contribution < -0.4 is 21.7 Å². The zero-order chi connectivity index (χ0) is 38.3. The van der Waals surface area contributed by atoms with E-state index >= 15 is 0 Å². The highest BCUT2D eigenvalue weighted by Gasteiger charge is 2.18. The number of benzene rings is 4. The van der Waals surface area contributed by atoms with Gasteiger partial charge in [0.2, 0.25) is 0 Å². The molecule has 4 aromatic carbocycles. The van der Waals surface area contributed by atoms with Gasteiger partial charge < -0.3 is 26.5 Å². The first-order chi connectivity index (χ1) is 25.5. The van der Waals surface area contributed by atoms with Gasteiger partial charge in [-0.25, -0.2) is 0 Å². The van der Waals surface area contributed by atoms with E-state index in [9.17, 15) is 14.4 Å². The average Bonchev–Trinajstić information content (AvgIpc) is 3.14. The summed E-state index contributed by atoms with van der Waals surface area (Å²) < 4.78 is 0. The molecule has 0 spiro atoms. The van der Waals surface area contributed by atoms with Crippen molar-refractivity contribution < 1.29 is 14.4 Å². The van der Waals surface area contributed by atoms with Crippen molar-refractivity contribution in [2.75, 3.05) is 28.2 Å². The van der Waals surface area contributed by atoms with E-state index in [2.05, 4.69) is 47.1 Å². The number of ketones is 2. The van der Waals surface area contributed by atoms with Gasteiger partial charge in [-0.2, -0.15) is 0 Å². The van der Waals surface area contributed by atoms with E-state index < -0.39 is 0 Å². The Bertz CT molecular complexity index is 1990. The predicted molar refractivity (Wildman–Crippen MR) is 229 cm³/mol. The van der Waals surface area contributed by atoms with E-state index in [1.54, 1.807) is 18.2 Å².